The monoisotopic (exact) mass is 257 g/mol. The number of nitrogens with zero attached hydrogens (tertiary/aromatic N) is 2. The van der Waals surface area contributed by atoms with Gasteiger partial charge in [-0.1, -0.05) is 23.8 Å². The number of anilines is 1. The third-order valence-corrected chi connectivity index (χ3v) is 2.66. The predicted octanol–water partition coefficient (Wildman–Crippen LogP) is 2.69. The second kappa shape index (κ2) is 4.80. The molecule has 0 radical (unpaired) electrons. The van der Waals surface area contributed by atoms with E-state index in [-0.39, 0.29) is 22.3 Å². The van der Waals surface area contributed by atoms with Gasteiger partial charge in [0.15, 0.2) is 0 Å². The summed E-state index contributed by atoms with van der Waals surface area (Å²) in [6.45, 7) is 0. The Morgan fingerprint density at radius 2 is 2.00 bits per heavy atom. The number of hydrogen-bond acceptors (Lipinski definition) is 3. The number of allylic oxidation sites excluding steroid dienone is 2. The molecule has 0 spiro atoms. The maximum Gasteiger partial charge on any atom is 0.229 e. The lowest BCUT2D eigenvalue weighted by Crippen LogP contribution is -2.21. The van der Waals surface area contributed by atoms with Crippen LogP contribution in [0.1, 0.15) is 12.8 Å². The van der Waals surface area contributed by atoms with E-state index in [2.05, 4.69) is 15.3 Å². The fraction of sp³-hybridized carbons (Fsp3) is 0.300. The van der Waals surface area contributed by atoms with Crippen molar-refractivity contribution in [2.24, 2.45) is 5.92 Å². The van der Waals surface area contributed by atoms with Gasteiger partial charge in [-0.05, 0) is 24.4 Å². The zero-order valence-corrected chi connectivity index (χ0v) is 9.79. The van der Waals surface area contributed by atoms with Gasteiger partial charge >= 0.3 is 0 Å². The number of rotatable bonds is 2. The maximum atomic E-state index is 11.7. The molecular formula is C10H9Cl2N3O. The van der Waals surface area contributed by atoms with Gasteiger partial charge in [0, 0.05) is 12.0 Å². The van der Waals surface area contributed by atoms with Crippen molar-refractivity contribution in [1.29, 1.82) is 0 Å². The molecule has 0 fully saturated rings. The molecule has 4 nitrogen and oxygen atoms in total. The van der Waals surface area contributed by atoms with Gasteiger partial charge in [0.1, 0.15) is 11.0 Å². The van der Waals surface area contributed by atoms with Crippen molar-refractivity contribution < 1.29 is 4.79 Å². The van der Waals surface area contributed by atoms with Crippen LogP contribution in [0, 0.1) is 5.92 Å². The van der Waals surface area contributed by atoms with Crippen molar-refractivity contribution in [2.45, 2.75) is 12.8 Å². The molecule has 0 unspecified atom stereocenters. The van der Waals surface area contributed by atoms with Crippen LogP contribution >= 0.6 is 23.2 Å². The summed E-state index contributed by atoms with van der Waals surface area (Å²) in [6.07, 6.45) is 5.51. The first kappa shape index (κ1) is 11.4. The van der Waals surface area contributed by atoms with Crippen molar-refractivity contribution in [3.63, 3.8) is 0 Å². The SMILES string of the molecule is O=C(Nc1cc(Cl)nc(Cl)n1)C1CC=CC1. The molecule has 6 heteroatoms. The molecular weight excluding hydrogens is 249 g/mol. The van der Waals surface area contributed by atoms with Crippen LogP contribution in [0.3, 0.4) is 0 Å². The van der Waals surface area contributed by atoms with Gasteiger partial charge in [-0.3, -0.25) is 4.79 Å². The molecule has 0 aliphatic heterocycles. The molecule has 84 valence electrons. The van der Waals surface area contributed by atoms with Crippen molar-refractivity contribution >= 4 is 34.9 Å². The Hall–Kier alpha value is -1.13. The van der Waals surface area contributed by atoms with Gasteiger partial charge in [-0.15, -0.1) is 0 Å². The molecule has 0 bridgehead atoms. The lowest BCUT2D eigenvalue weighted by molar-refractivity contribution is -0.119. The van der Waals surface area contributed by atoms with E-state index in [4.69, 9.17) is 23.2 Å². The van der Waals surface area contributed by atoms with Gasteiger partial charge < -0.3 is 5.32 Å². The highest BCUT2D eigenvalue weighted by Crippen LogP contribution is 2.20. The van der Waals surface area contributed by atoms with Gasteiger partial charge in [0.2, 0.25) is 11.2 Å². The Morgan fingerprint density at radius 3 is 2.62 bits per heavy atom. The van der Waals surface area contributed by atoms with Crippen LogP contribution in [0.25, 0.3) is 0 Å². The lowest BCUT2D eigenvalue weighted by Gasteiger charge is -2.09. The number of carbonyl (C=O) groups is 1. The quantitative estimate of drug-likeness (QED) is 0.504. The summed E-state index contributed by atoms with van der Waals surface area (Å²) in [5.74, 6) is 0.241. The van der Waals surface area contributed by atoms with Gasteiger partial charge in [-0.25, -0.2) is 9.97 Å². The van der Waals surface area contributed by atoms with Crippen LogP contribution in [0.2, 0.25) is 10.4 Å². The Labute approximate surface area is 103 Å². The van der Waals surface area contributed by atoms with Crippen molar-refractivity contribution in [3.05, 3.63) is 28.7 Å². The highest BCUT2D eigenvalue weighted by Gasteiger charge is 2.19. The summed E-state index contributed by atoms with van der Waals surface area (Å²) in [6, 6.07) is 1.47. The van der Waals surface area contributed by atoms with E-state index < -0.39 is 0 Å². The van der Waals surface area contributed by atoms with Crippen LogP contribution in [0.15, 0.2) is 18.2 Å². The molecule has 1 heterocycles. The fourth-order valence-corrected chi connectivity index (χ4v) is 1.92. The Kier molecular flexibility index (Phi) is 3.41. The van der Waals surface area contributed by atoms with Crippen LogP contribution in [0.4, 0.5) is 5.82 Å². The van der Waals surface area contributed by atoms with Crippen molar-refractivity contribution in [3.8, 4) is 0 Å². The normalized spacial score (nSPS) is 15.4. The molecule has 1 aliphatic rings. The summed E-state index contributed by atoms with van der Waals surface area (Å²) >= 11 is 11.3. The van der Waals surface area contributed by atoms with E-state index in [1.807, 2.05) is 12.2 Å². The topological polar surface area (TPSA) is 54.9 Å². The third-order valence-electron chi connectivity index (χ3n) is 2.30. The number of aromatic nitrogens is 2. The third kappa shape index (κ3) is 2.71. The summed E-state index contributed by atoms with van der Waals surface area (Å²) in [5.41, 5.74) is 0. The van der Waals surface area contributed by atoms with Crippen LogP contribution in [-0.2, 0) is 4.79 Å². The minimum absolute atomic E-state index is 0.0207. The Bertz CT molecular complexity index is 419. The highest BCUT2D eigenvalue weighted by molar-refractivity contribution is 6.32. The van der Waals surface area contributed by atoms with Gasteiger partial charge in [0.05, 0.1) is 0 Å². The first-order valence-corrected chi connectivity index (χ1v) is 5.56. The van der Waals surface area contributed by atoms with Crippen LogP contribution in [-0.4, -0.2) is 15.9 Å². The van der Waals surface area contributed by atoms with E-state index in [9.17, 15) is 4.79 Å². The predicted molar refractivity (Wildman–Crippen MR) is 62.5 cm³/mol. The summed E-state index contributed by atoms with van der Waals surface area (Å²) < 4.78 is 0. The van der Waals surface area contributed by atoms with Crippen molar-refractivity contribution in [2.75, 3.05) is 5.32 Å². The number of nitrogens with one attached hydrogen (secondary N) is 1. The smallest absolute Gasteiger partial charge is 0.229 e. The fourth-order valence-electron chi connectivity index (χ4n) is 1.51. The second-order valence-corrected chi connectivity index (χ2v) is 4.20. The largest absolute Gasteiger partial charge is 0.310 e. The maximum absolute atomic E-state index is 11.7. The van der Waals surface area contributed by atoms with Crippen LogP contribution < -0.4 is 5.32 Å². The van der Waals surface area contributed by atoms with Gasteiger partial charge in [0.25, 0.3) is 0 Å². The molecule has 0 atom stereocenters. The number of halogens is 2. The van der Waals surface area contributed by atoms with Crippen molar-refractivity contribution in [1.82, 2.24) is 9.97 Å². The molecule has 2 rings (SSSR count). The number of carbonyl (C=O) groups excluding carboxylic acids is 1. The van der Waals surface area contributed by atoms with E-state index in [0.717, 1.165) is 12.8 Å². The molecule has 1 aromatic heterocycles. The Morgan fingerprint density at radius 1 is 1.31 bits per heavy atom. The second-order valence-electron chi connectivity index (χ2n) is 3.47. The minimum atomic E-state index is -0.0733. The van der Waals surface area contributed by atoms with E-state index in [1.54, 1.807) is 0 Å². The first-order valence-electron chi connectivity index (χ1n) is 4.81. The highest BCUT2D eigenvalue weighted by atomic mass is 35.5. The molecule has 1 amide bonds. The van der Waals surface area contributed by atoms with E-state index in [0.29, 0.717) is 5.82 Å². The van der Waals surface area contributed by atoms with Crippen LogP contribution in [0.5, 0.6) is 0 Å². The summed E-state index contributed by atoms with van der Waals surface area (Å²) in [5, 5.41) is 2.90. The number of hydrogen-bond donors (Lipinski definition) is 1. The number of amides is 1. The zero-order valence-electron chi connectivity index (χ0n) is 8.28. The standard InChI is InChI=1S/C10H9Cl2N3O/c11-7-5-8(15-10(12)13-7)14-9(16)6-3-1-2-4-6/h1-2,5-6H,3-4H2,(H,13,14,15,16). The molecule has 1 aliphatic carbocycles. The molecule has 16 heavy (non-hydrogen) atoms. The van der Waals surface area contributed by atoms with E-state index in [1.165, 1.54) is 6.07 Å². The average molecular weight is 258 g/mol. The first-order chi connectivity index (χ1) is 7.65. The summed E-state index contributed by atoms with van der Waals surface area (Å²) in [4.78, 5) is 19.3. The molecule has 0 saturated carbocycles. The summed E-state index contributed by atoms with van der Waals surface area (Å²) in [7, 11) is 0. The van der Waals surface area contributed by atoms with Gasteiger partial charge in [-0.2, -0.15) is 0 Å². The average Bonchev–Trinajstić information content (AvgIpc) is 2.68. The molecule has 1 N–H and O–H groups in total. The molecule has 0 saturated heterocycles. The molecule has 0 aromatic carbocycles. The minimum Gasteiger partial charge on any atom is -0.310 e. The molecule has 1 aromatic rings. The Balaban J connectivity index is 2.05. The van der Waals surface area contributed by atoms with E-state index >= 15 is 0 Å². The zero-order chi connectivity index (χ0) is 11.5. The lowest BCUT2D eigenvalue weighted by atomic mass is 10.1.